The molecule has 3 amide bonds. The normalized spacial score (nSPS) is 10.0. The maximum absolute atomic E-state index is 11.7. The molecule has 20 heavy (non-hydrogen) atoms. The Hall–Kier alpha value is -2.04. The molecule has 5 heteroatoms. The Kier molecular flexibility index (Phi) is 6.03. The lowest BCUT2D eigenvalue weighted by atomic mass is 10.1. The summed E-state index contributed by atoms with van der Waals surface area (Å²) in [5, 5.41) is 2.85. The summed E-state index contributed by atoms with van der Waals surface area (Å²) < 4.78 is 0. The van der Waals surface area contributed by atoms with E-state index in [-0.39, 0.29) is 11.9 Å². The fraction of sp³-hybridized carbons (Fsp3) is 0.467. The van der Waals surface area contributed by atoms with E-state index in [1.807, 2.05) is 19.1 Å². The minimum atomic E-state index is -0.0831. The molecule has 0 bridgehead atoms. The van der Waals surface area contributed by atoms with Gasteiger partial charge in [0.25, 0.3) is 5.91 Å². The maximum Gasteiger partial charge on any atom is 0.317 e. The molecule has 0 spiro atoms. The smallest absolute Gasteiger partial charge is 0.317 e. The van der Waals surface area contributed by atoms with Crippen LogP contribution in [-0.2, 0) is 6.54 Å². The van der Waals surface area contributed by atoms with Gasteiger partial charge in [0, 0.05) is 39.8 Å². The van der Waals surface area contributed by atoms with Crippen LogP contribution < -0.4 is 5.32 Å². The van der Waals surface area contributed by atoms with Gasteiger partial charge >= 0.3 is 6.03 Å². The molecular weight excluding hydrogens is 254 g/mol. The quantitative estimate of drug-likeness (QED) is 0.894. The molecule has 1 aromatic rings. The van der Waals surface area contributed by atoms with Crippen molar-refractivity contribution in [2.24, 2.45) is 0 Å². The summed E-state index contributed by atoms with van der Waals surface area (Å²) in [4.78, 5) is 26.7. The van der Waals surface area contributed by atoms with Crippen LogP contribution in [0.15, 0.2) is 24.3 Å². The first kappa shape index (κ1) is 16.0. The number of hydrogen-bond acceptors (Lipinski definition) is 2. The van der Waals surface area contributed by atoms with Crippen LogP contribution in [0, 0.1) is 0 Å². The molecular formula is C15H23N3O2. The molecule has 110 valence electrons. The lowest BCUT2D eigenvalue weighted by molar-refractivity contribution is 0.0827. The second-order valence-electron chi connectivity index (χ2n) is 4.98. The number of hydrogen-bond donors (Lipinski definition) is 1. The summed E-state index contributed by atoms with van der Waals surface area (Å²) in [5.74, 6) is -0.0248. The van der Waals surface area contributed by atoms with Crippen LogP contribution in [0.5, 0.6) is 0 Å². The van der Waals surface area contributed by atoms with Crippen molar-refractivity contribution in [1.29, 1.82) is 0 Å². The molecule has 0 aromatic heterocycles. The second kappa shape index (κ2) is 7.53. The van der Waals surface area contributed by atoms with Crippen molar-refractivity contribution in [3.05, 3.63) is 35.4 Å². The van der Waals surface area contributed by atoms with Gasteiger partial charge in [0.2, 0.25) is 0 Å². The first-order valence-corrected chi connectivity index (χ1v) is 6.75. The lowest BCUT2D eigenvalue weighted by Crippen LogP contribution is -2.37. The molecule has 0 unspecified atom stereocenters. The third-order valence-electron chi connectivity index (χ3n) is 2.96. The molecule has 0 saturated carbocycles. The van der Waals surface area contributed by atoms with E-state index in [1.165, 1.54) is 4.90 Å². The van der Waals surface area contributed by atoms with Crippen LogP contribution in [0.25, 0.3) is 0 Å². The maximum atomic E-state index is 11.7. The van der Waals surface area contributed by atoms with E-state index in [2.05, 4.69) is 5.32 Å². The molecule has 0 fully saturated rings. The number of benzene rings is 1. The van der Waals surface area contributed by atoms with Gasteiger partial charge in [0.1, 0.15) is 0 Å². The number of rotatable bonds is 5. The van der Waals surface area contributed by atoms with Gasteiger partial charge < -0.3 is 15.1 Å². The van der Waals surface area contributed by atoms with Gasteiger partial charge in [-0.3, -0.25) is 4.79 Å². The van der Waals surface area contributed by atoms with Crippen molar-refractivity contribution in [3.63, 3.8) is 0 Å². The molecule has 0 atom stereocenters. The van der Waals surface area contributed by atoms with Crippen LogP contribution in [-0.4, -0.2) is 49.4 Å². The molecule has 0 heterocycles. The summed E-state index contributed by atoms with van der Waals surface area (Å²) in [6.45, 7) is 3.23. The van der Waals surface area contributed by atoms with E-state index in [0.29, 0.717) is 12.1 Å². The molecule has 5 nitrogen and oxygen atoms in total. The van der Waals surface area contributed by atoms with Crippen LogP contribution in [0.4, 0.5) is 4.79 Å². The molecule has 0 aliphatic rings. The minimum Gasteiger partial charge on any atom is -0.345 e. The zero-order valence-electron chi connectivity index (χ0n) is 12.6. The molecule has 0 aliphatic carbocycles. The molecule has 0 aliphatic heterocycles. The third-order valence-corrected chi connectivity index (χ3v) is 2.96. The Bertz CT molecular complexity index is 455. The number of nitrogens with one attached hydrogen (secondary N) is 1. The summed E-state index contributed by atoms with van der Waals surface area (Å²) in [5.41, 5.74) is 1.62. The Morgan fingerprint density at radius 1 is 1.10 bits per heavy atom. The largest absolute Gasteiger partial charge is 0.345 e. The highest BCUT2D eigenvalue weighted by atomic mass is 16.2. The number of nitrogens with zero attached hydrogens (tertiary/aromatic N) is 2. The third kappa shape index (κ3) is 4.57. The second-order valence-corrected chi connectivity index (χ2v) is 4.98. The van der Waals surface area contributed by atoms with Gasteiger partial charge in [-0.05, 0) is 24.1 Å². The minimum absolute atomic E-state index is 0.0248. The molecule has 0 saturated heterocycles. The zero-order valence-corrected chi connectivity index (χ0v) is 12.6. The highest BCUT2D eigenvalue weighted by Crippen LogP contribution is 2.06. The van der Waals surface area contributed by atoms with Crippen molar-refractivity contribution in [2.45, 2.75) is 19.9 Å². The predicted molar refractivity (Wildman–Crippen MR) is 79.6 cm³/mol. The Morgan fingerprint density at radius 3 is 2.20 bits per heavy atom. The van der Waals surface area contributed by atoms with E-state index < -0.39 is 0 Å². The van der Waals surface area contributed by atoms with Crippen LogP contribution in [0.3, 0.4) is 0 Å². The predicted octanol–water partition coefficient (Wildman–Crippen LogP) is 1.94. The van der Waals surface area contributed by atoms with E-state index in [1.54, 1.807) is 38.2 Å². The van der Waals surface area contributed by atoms with Gasteiger partial charge in [-0.15, -0.1) is 0 Å². The zero-order chi connectivity index (χ0) is 15.1. The van der Waals surface area contributed by atoms with Gasteiger partial charge in [0.05, 0.1) is 0 Å². The number of carbonyl (C=O) groups is 2. The average Bonchev–Trinajstić information content (AvgIpc) is 2.44. The highest BCUT2D eigenvalue weighted by molar-refractivity contribution is 5.93. The van der Waals surface area contributed by atoms with E-state index in [0.717, 1.165) is 18.5 Å². The Labute approximate surface area is 120 Å². The topological polar surface area (TPSA) is 52.7 Å². The number of carbonyl (C=O) groups excluding carboxylic acids is 2. The van der Waals surface area contributed by atoms with E-state index >= 15 is 0 Å². The monoisotopic (exact) mass is 277 g/mol. The summed E-state index contributed by atoms with van der Waals surface area (Å²) >= 11 is 0. The summed E-state index contributed by atoms with van der Waals surface area (Å²) in [7, 11) is 5.22. The van der Waals surface area contributed by atoms with Gasteiger partial charge in [-0.1, -0.05) is 19.1 Å². The summed E-state index contributed by atoms with van der Waals surface area (Å²) in [6.07, 6.45) is 0.936. The van der Waals surface area contributed by atoms with Crippen LogP contribution in [0.2, 0.25) is 0 Å². The van der Waals surface area contributed by atoms with Crippen molar-refractivity contribution >= 4 is 11.9 Å². The lowest BCUT2D eigenvalue weighted by Gasteiger charge is -2.17. The number of urea groups is 1. The van der Waals surface area contributed by atoms with Crippen LogP contribution >= 0.6 is 0 Å². The van der Waals surface area contributed by atoms with E-state index in [4.69, 9.17) is 0 Å². The first-order chi connectivity index (χ1) is 9.45. The SMILES string of the molecule is CCCN(C)C(=O)NCc1ccc(C(=O)N(C)C)cc1. The standard InChI is InChI=1S/C15H23N3O2/c1-5-10-18(4)15(20)16-11-12-6-8-13(9-7-12)14(19)17(2)3/h6-9H,5,10-11H2,1-4H3,(H,16,20). The van der Waals surface area contributed by atoms with Crippen LogP contribution in [0.1, 0.15) is 29.3 Å². The molecule has 1 N–H and O–H groups in total. The Morgan fingerprint density at radius 2 is 1.70 bits per heavy atom. The van der Waals surface area contributed by atoms with Gasteiger partial charge in [-0.25, -0.2) is 4.79 Å². The van der Waals surface area contributed by atoms with Crippen molar-refractivity contribution in [3.8, 4) is 0 Å². The molecule has 0 radical (unpaired) electrons. The summed E-state index contributed by atoms with van der Waals surface area (Å²) in [6, 6.07) is 7.19. The van der Waals surface area contributed by atoms with Gasteiger partial charge in [0.15, 0.2) is 0 Å². The van der Waals surface area contributed by atoms with Gasteiger partial charge in [-0.2, -0.15) is 0 Å². The fourth-order valence-corrected chi connectivity index (χ4v) is 1.77. The molecule has 1 rings (SSSR count). The van der Waals surface area contributed by atoms with Crippen molar-refractivity contribution in [2.75, 3.05) is 27.7 Å². The van der Waals surface area contributed by atoms with E-state index in [9.17, 15) is 9.59 Å². The Balaban J connectivity index is 2.54. The highest BCUT2D eigenvalue weighted by Gasteiger charge is 2.08. The molecule has 1 aromatic carbocycles. The average molecular weight is 277 g/mol. The van der Waals surface area contributed by atoms with Crippen molar-refractivity contribution in [1.82, 2.24) is 15.1 Å². The number of amides is 3. The fourth-order valence-electron chi connectivity index (χ4n) is 1.77. The van der Waals surface area contributed by atoms with Crippen molar-refractivity contribution < 1.29 is 9.59 Å². The first-order valence-electron chi connectivity index (χ1n) is 6.75.